The lowest BCUT2D eigenvalue weighted by molar-refractivity contribution is -0.139. The van der Waals surface area contributed by atoms with Crippen molar-refractivity contribution >= 4 is 29.2 Å². The summed E-state index contributed by atoms with van der Waals surface area (Å²) in [5.41, 5.74) is 1.93. The quantitative estimate of drug-likeness (QED) is 0.615. The van der Waals surface area contributed by atoms with Crippen LogP contribution in [0, 0.1) is 22.7 Å². The number of carboxylic acid groups (broad SMARTS) is 1. The number of allylic oxidation sites excluding steroid dienone is 1. The number of hydrogen-bond donors (Lipinski definition) is 1. The second kappa shape index (κ2) is 8.57. The predicted molar refractivity (Wildman–Crippen MR) is 95.8 cm³/mol. The highest BCUT2D eigenvalue weighted by Gasteiger charge is 2.13. The first kappa shape index (κ1) is 18.9. The Labute approximate surface area is 155 Å². The van der Waals surface area contributed by atoms with Gasteiger partial charge in [0.25, 0.3) is 0 Å². The number of methoxy groups -OCH3 is 1. The van der Waals surface area contributed by atoms with Crippen molar-refractivity contribution < 1.29 is 19.4 Å². The fourth-order valence-corrected chi connectivity index (χ4v) is 2.47. The Morgan fingerprint density at radius 1 is 1.31 bits per heavy atom. The molecule has 0 aromatic heterocycles. The first-order valence-corrected chi connectivity index (χ1v) is 7.70. The molecular weight excluding hydrogens is 356 g/mol. The average Bonchev–Trinajstić information content (AvgIpc) is 2.64. The van der Waals surface area contributed by atoms with Gasteiger partial charge in [-0.05, 0) is 41.5 Å². The van der Waals surface area contributed by atoms with Crippen LogP contribution in [0.2, 0.25) is 5.02 Å². The molecule has 0 saturated heterocycles. The van der Waals surface area contributed by atoms with E-state index in [0.717, 1.165) is 0 Å². The number of benzene rings is 2. The molecule has 130 valence electrons. The maximum absolute atomic E-state index is 10.7. The third-order valence-electron chi connectivity index (χ3n) is 3.33. The zero-order valence-electron chi connectivity index (χ0n) is 13.7. The van der Waals surface area contributed by atoms with E-state index in [2.05, 4.69) is 6.07 Å². The highest BCUT2D eigenvalue weighted by molar-refractivity contribution is 6.32. The van der Waals surface area contributed by atoms with Gasteiger partial charge in [-0.2, -0.15) is 10.5 Å². The number of rotatable bonds is 6. The SMILES string of the molecule is COc1cc(/C=C(/C#N)c2cccc(C#N)c2)cc(Cl)c1OCC(=O)O. The number of hydrogen-bond acceptors (Lipinski definition) is 5. The minimum absolute atomic E-state index is 0.110. The van der Waals surface area contributed by atoms with Crippen LogP contribution in [0.25, 0.3) is 11.6 Å². The zero-order chi connectivity index (χ0) is 19.1. The summed E-state index contributed by atoms with van der Waals surface area (Å²) in [5, 5.41) is 27.3. The van der Waals surface area contributed by atoms with E-state index in [9.17, 15) is 10.1 Å². The zero-order valence-corrected chi connectivity index (χ0v) is 14.4. The number of aliphatic carboxylic acids is 1. The van der Waals surface area contributed by atoms with Crippen LogP contribution in [0.3, 0.4) is 0 Å². The molecule has 0 fully saturated rings. The second-order valence-electron chi connectivity index (χ2n) is 5.08. The van der Waals surface area contributed by atoms with Gasteiger partial charge < -0.3 is 14.6 Å². The molecule has 0 saturated carbocycles. The molecule has 0 heterocycles. The van der Waals surface area contributed by atoms with Crippen molar-refractivity contribution in [2.75, 3.05) is 13.7 Å². The normalized spacial score (nSPS) is 10.5. The van der Waals surface area contributed by atoms with Crippen molar-refractivity contribution in [2.45, 2.75) is 0 Å². The molecule has 26 heavy (non-hydrogen) atoms. The molecule has 0 aliphatic heterocycles. The topological polar surface area (TPSA) is 103 Å². The Kier molecular flexibility index (Phi) is 6.21. The Bertz CT molecular complexity index is 955. The second-order valence-corrected chi connectivity index (χ2v) is 5.49. The van der Waals surface area contributed by atoms with Gasteiger partial charge in [0.05, 0.1) is 35.4 Å². The third kappa shape index (κ3) is 4.54. The van der Waals surface area contributed by atoms with Crippen molar-refractivity contribution in [1.29, 1.82) is 10.5 Å². The molecule has 0 amide bonds. The van der Waals surface area contributed by atoms with Crippen LogP contribution in [0.15, 0.2) is 36.4 Å². The van der Waals surface area contributed by atoms with Gasteiger partial charge in [0.2, 0.25) is 0 Å². The molecule has 0 spiro atoms. The van der Waals surface area contributed by atoms with Crippen molar-refractivity contribution in [3.05, 3.63) is 58.1 Å². The van der Waals surface area contributed by atoms with Crippen LogP contribution in [0.5, 0.6) is 11.5 Å². The summed E-state index contributed by atoms with van der Waals surface area (Å²) >= 11 is 6.16. The summed E-state index contributed by atoms with van der Waals surface area (Å²) in [6.07, 6.45) is 1.59. The fraction of sp³-hybridized carbons (Fsp3) is 0.105. The Morgan fingerprint density at radius 2 is 2.08 bits per heavy atom. The fourth-order valence-electron chi connectivity index (χ4n) is 2.20. The van der Waals surface area contributed by atoms with Gasteiger partial charge in [0.15, 0.2) is 18.1 Å². The lowest BCUT2D eigenvalue weighted by Crippen LogP contribution is -2.10. The van der Waals surface area contributed by atoms with Crippen molar-refractivity contribution in [2.24, 2.45) is 0 Å². The number of carbonyl (C=O) groups is 1. The van der Waals surface area contributed by atoms with Crippen molar-refractivity contribution in [3.8, 4) is 23.6 Å². The molecule has 7 heteroatoms. The smallest absolute Gasteiger partial charge is 0.341 e. The predicted octanol–water partition coefficient (Wildman–Crippen LogP) is 3.75. The van der Waals surface area contributed by atoms with Gasteiger partial charge in [-0.25, -0.2) is 4.79 Å². The molecule has 2 rings (SSSR count). The average molecular weight is 369 g/mol. The minimum Gasteiger partial charge on any atom is -0.493 e. The van der Waals surface area contributed by atoms with E-state index in [4.69, 9.17) is 31.4 Å². The number of nitrogens with zero attached hydrogens (tertiary/aromatic N) is 2. The Balaban J connectivity index is 2.45. The lowest BCUT2D eigenvalue weighted by Gasteiger charge is -2.12. The first-order valence-electron chi connectivity index (χ1n) is 7.33. The van der Waals surface area contributed by atoms with Gasteiger partial charge >= 0.3 is 5.97 Å². The molecule has 2 aromatic rings. The summed E-state index contributed by atoms with van der Waals surface area (Å²) < 4.78 is 10.3. The molecule has 2 aromatic carbocycles. The third-order valence-corrected chi connectivity index (χ3v) is 3.61. The van der Waals surface area contributed by atoms with E-state index >= 15 is 0 Å². The molecule has 0 unspecified atom stereocenters. The Morgan fingerprint density at radius 3 is 2.69 bits per heavy atom. The van der Waals surface area contributed by atoms with Crippen LogP contribution >= 0.6 is 11.6 Å². The van der Waals surface area contributed by atoms with E-state index in [1.54, 1.807) is 36.4 Å². The Hall–Kier alpha value is -3.48. The summed E-state index contributed by atoms with van der Waals surface area (Å²) in [4.78, 5) is 10.7. The first-order chi connectivity index (χ1) is 12.5. The summed E-state index contributed by atoms with van der Waals surface area (Å²) in [6.45, 7) is -0.560. The van der Waals surface area contributed by atoms with Gasteiger partial charge in [0.1, 0.15) is 0 Å². The van der Waals surface area contributed by atoms with Gasteiger partial charge in [0, 0.05) is 0 Å². The van der Waals surface area contributed by atoms with Gasteiger partial charge in [-0.15, -0.1) is 0 Å². The molecule has 6 nitrogen and oxygen atoms in total. The maximum Gasteiger partial charge on any atom is 0.341 e. The molecule has 1 N–H and O–H groups in total. The van der Waals surface area contributed by atoms with Crippen molar-refractivity contribution in [1.82, 2.24) is 0 Å². The largest absolute Gasteiger partial charge is 0.493 e. The molecule has 0 aliphatic rings. The van der Waals surface area contributed by atoms with Crippen molar-refractivity contribution in [3.63, 3.8) is 0 Å². The summed E-state index contributed by atoms with van der Waals surface area (Å²) in [5.74, 6) is -0.789. The standard InChI is InChI=1S/C19H13ClN2O4/c1-25-17-8-13(7-16(20)19(17)26-11-18(23)24)6-15(10-22)14-4-2-3-12(5-14)9-21/h2-8H,11H2,1H3,(H,23,24)/b15-6-. The highest BCUT2D eigenvalue weighted by atomic mass is 35.5. The van der Waals surface area contributed by atoms with Crippen LogP contribution in [0.4, 0.5) is 0 Å². The minimum atomic E-state index is -1.14. The molecular formula is C19H13ClN2O4. The van der Waals surface area contributed by atoms with E-state index in [1.165, 1.54) is 13.2 Å². The van der Waals surface area contributed by atoms with Crippen LogP contribution in [0.1, 0.15) is 16.7 Å². The van der Waals surface area contributed by atoms with Crippen LogP contribution in [-0.2, 0) is 4.79 Å². The van der Waals surface area contributed by atoms with E-state index < -0.39 is 12.6 Å². The van der Waals surface area contributed by atoms with Crippen LogP contribution < -0.4 is 9.47 Å². The van der Waals surface area contributed by atoms with Crippen LogP contribution in [-0.4, -0.2) is 24.8 Å². The van der Waals surface area contributed by atoms with E-state index in [0.29, 0.717) is 22.3 Å². The number of carboxylic acids is 1. The number of nitriles is 2. The molecule has 0 radical (unpaired) electrons. The molecule has 0 bridgehead atoms. The highest BCUT2D eigenvalue weighted by Crippen LogP contribution is 2.37. The molecule has 0 atom stereocenters. The monoisotopic (exact) mass is 368 g/mol. The summed E-state index contributed by atoms with van der Waals surface area (Å²) in [6, 6.07) is 13.9. The number of ether oxygens (including phenoxy) is 2. The maximum atomic E-state index is 10.7. The van der Waals surface area contributed by atoms with Gasteiger partial charge in [-0.1, -0.05) is 23.7 Å². The molecule has 0 aliphatic carbocycles. The van der Waals surface area contributed by atoms with E-state index in [-0.39, 0.29) is 16.5 Å². The lowest BCUT2D eigenvalue weighted by atomic mass is 10.0. The number of halogens is 1. The van der Waals surface area contributed by atoms with E-state index in [1.807, 2.05) is 6.07 Å². The summed E-state index contributed by atoms with van der Waals surface area (Å²) in [7, 11) is 1.40. The van der Waals surface area contributed by atoms with Gasteiger partial charge in [-0.3, -0.25) is 0 Å².